The van der Waals surface area contributed by atoms with E-state index in [1.54, 1.807) is 0 Å². The number of nitrogens with one attached hydrogen (secondary N) is 3. The van der Waals surface area contributed by atoms with Gasteiger partial charge in [-0.1, -0.05) is 25.3 Å². The fourth-order valence-electron chi connectivity index (χ4n) is 3.24. The van der Waals surface area contributed by atoms with Gasteiger partial charge in [0, 0.05) is 32.6 Å². The summed E-state index contributed by atoms with van der Waals surface area (Å²) in [5, 5.41) is 8.58. The third-order valence-electron chi connectivity index (χ3n) is 4.74. The molecular formula is C19H26F4N4O. The minimum absolute atomic E-state index is 0.0468. The van der Waals surface area contributed by atoms with E-state index < -0.39 is 17.6 Å². The minimum atomic E-state index is -4.64. The van der Waals surface area contributed by atoms with Crippen LogP contribution in [0.5, 0.6) is 0 Å². The van der Waals surface area contributed by atoms with Crippen molar-refractivity contribution in [2.24, 2.45) is 10.9 Å². The van der Waals surface area contributed by atoms with Crippen molar-refractivity contribution >= 4 is 11.9 Å². The molecule has 0 spiro atoms. The summed E-state index contributed by atoms with van der Waals surface area (Å²) in [7, 11) is 1.49. The SMILES string of the molecule is CN=C(NCCNC(=O)C1CCCCC1)NCc1ccc(F)cc1C(F)(F)F. The molecule has 0 aliphatic heterocycles. The second-order valence-corrected chi connectivity index (χ2v) is 6.78. The van der Waals surface area contributed by atoms with Crippen LogP contribution in [0.15, 0.2) is 23.2 Å². The van der Waals surface area contributed by atoms with E-state index in [9.17, 15) is 22.4 Å². The Morgan fingerprint density at radius 2 is 1.79 bits per heavy atom. The van der Waals surface area contributed by atoms with Gasteiger partial charge in [0.25, 0.3) is 0 Å². The van der Waals surface area contributed by atoms with Gasteiger partial charge in [-0.25, -0.2) is 4.39 Å². The number of nitrogens with zero attached hydrogens (tertiary/aromatic N) is 1. The van der Waals surface area contributed by atoms with Gasteiger partial charge in [0.2, 0.25) is 5.91 Å². The van der Waals surface area contributed by atoms with Gasteiger partial charge in [-0.3, -0.25) is 9.79 Å². The van der Waals surface area contributed by atoms with Crippen LogP contribution in [0.3, 0.4) is 0 Å². The van der Waals surface area contributed by atoms with E-state index in [1.807, 2.05) is 0 Å². The number of rotatable bonds is 6. The number of hydrogen-bond acceptors (Lipinski definition) is 2. The van der Waals surface area contributed by atoms with E-state index in [0.717, 1.165) is 37.8 Å². The maximum Gasteiger partial charge on any atom is 0.416 e. The van der Waals surface area contributed by atoms with Gasteiger partial charge >= 0.3 is 6.18 Å². The van der Waals surface area contributed by atoms with Gasteiger partial charge in [-0.15, -0.1) is 0 Å². The molecule has 9 heteroatoms. The smallest absolute Gasteiger partial charge is 0.355 e. The molecule has 1 aliphatic carbocycles. The Kier molecular flexibility index (Phi) is 8.07. The number of carbonyl (C=O) groups is 1. The van der Waals surface area contributed by atoms with Crippen LogP contribution in [0.1, 0.15) is 43.2 Å². The van der Waals surface area contributed by atoms with Crippen molar-refractivity contribution in [1.82, 2.24) is 16.0 Å². The fraction of sp³-hybridized carbons (Fsp3) is 0.579. The van der Waals surface area contributed by atoms with Gasteiger partial charge in [0.1, 0.15) is 5.82 Å². The normalized spacial score (nSPS) is 16.0. The quantitative estimate of drug-likeness (QED) is 0.296. The molecule has 28 heavy (non-hydrogen) atoms. The maximum absolute atomic E-state index is 13.2. The highest BCUT2D eigenvalue weighted by molar-refractivity contribution is 5.80. The number of guanidine groups is 1. The Morgan fingerprint density at radius 3 is 2.43 bits per heavy atom. The Hall–Kier alpha value is -2.32. The molecule has 2 rings (SSSR count). The molecule has 1 amide bonds. The standard InChI is InChI=1S/C19H26F4N4O/c1-24-18(26-10-9-25-17(28)13-5-3-2-4-6-13)27-12-14-7-8-15(20)11-16(14)19(21,22)23/h7-8,11,13H,2-6,9-10,12H2,1H3,(H,25,28)(H2,24,26,27). The van der Waals surface area contributed by atoms with E-state index in [4.69, 9.17) is 0 Å². The van der Waals surface area contributed by atoms with Crippen molar-refractivity contribution in [3.63, 3.8) is 0 Å². The van der Waals surface area contributed by atoms with Crippen molar-refractivity contribution in [2.45, 2.75) is 44.8 Å². The van der Waals surface area contributed by atoms with Crippen LogP contribution in [0.2, 0.25) is 0 Å². The van der Waals surface area contributed by atoms with E-state index in [-0.39, 0.29) is 23.9 Å². The average molecular weight is 402 g/mol. The van der Waals surface area contributed by atoms with Crippen LogP contribution >= 0.6 is 0 Å². The first-order valence-corrected chi connectivity index (χ1v) is 9.39. The highest BCUT2D eigenvalue weighted by Gasteiger charge is 2.33. The predicted molar refractivity (Wildman–Crippen MR) is 99.2 cm³/mol. The lowest BCUT2D eigenvalue weighted by Gasteiger charge is -2.21. The molecule has 0 atom stereocenters. The van der Waals surface area contributed by atoms with Gasteiger partial charge in [0.15, 0.2) is 5.96 Å². The molecule has 0 heterocycles. The zero-order valence-electron chi connectivity index (χ0n) is 15.8. The number of aliphatic imine (C=N–C) groups is 1. The van der Waals surface area contributed by atoms with Crippen LogP contribution in [0, 0.1) is 11.7 Å². The van der Waals surface area contributed by atoms with Crippen LogP contribution in [0.25, 0.3) is 0 Å². The molecule has 1 saturated carbocycles. The highest BCUT2D eigenvalue weighted by atomic mass is 19.4. The van der Waals surface area contributed by atoms with E-state index in [2.05, 4.69) is 20.9 Å². The summed E-state index contributed by atoms with van der Waals surface area (Å²) >= 11 is 0. The molecule has 0 aromatic heterocycles. The van der Waals surface area contributed by atoms with Crippen LogP contribution in [-0.2, 0) is 17.5 Å². The fourth-order valence-corrected chi connectivity index (χ4v) is 3.24. The summed E-state index contributed by atoms with van der Waals surface area (Å²) in [5.74, 6) is -0.521. The first-order chi connectivity index (χ1) is 13.3. The molecular weight excluding hydrogens is 376 g/mol. The number of carbonyl (C=O) groups excluding carboxylic acids is 1. The maximum atomic E-state index is 13.2. The summed E-state index contributed by atoms with van der Waals surface area (Å²) in [6.45, 7) is 0.608. The zero-order chi connectivity index (χ0) is 20.6. The number of alkyl halides is 3. The van der Waals surface area contributed by atoms with Crippen LogP contribution < -0.4 is 16.0 Å². The topological polar surface area (TPSA) is 65.5 Å². The average Bonchev–Trinajstić information content (AvgIpc) is 2.68. The molecule has 0 radical (unpaired) electrons. The van der Waals surface area contributed by atoms with E-state index in [0.29, 0.717) is 25.1 Å². The second kappa shape index (κ2) is 10.3. The van der Waals surface area contributed by atoms with Crippen molar-refractivity contribution < 1.29 is 22.4 Å². The van der Waals surface area contributed by atoms with Gasteiger partial charge in [-0.05, 0) is 30.5 Å². The Labute approximate surface area is 162 Å². The first-order valence-electron chi connectivity index (χ1n) is 9.39. The molecule has 1 fully saturated rings. The number of amides is 1. The molecule has 5 nitrogen and oxygen atoms in total. The first kappa shape index (κ1) is 22.0. The van der Waals surface area contributed by atoms with Gasteiger partial charge < -0.3 is 16.0 Å². The Bertz CT molecular complexity index is 685. The van der Waals surface area contributed by atoms with Crippen molar-refractivity contribution in [3.8, 4) is 0 Å². The third kappa shape index (κ3) is 6.69. The summed E-state index contributed by atoms with van der Waals surface area (Å²) in [6.07, 6.45) is 0.534. The number of benzene rings is 1. The van der Waals surface area contributed by atoms with Gasteiger partial charge in [-0.2, -0.15) is 13.2 Å². The summed E-state index contributed by atoms with van der Waals surface area (Å²) in [5.41, 5.74) is -1.10. The molecule has 3 N–H and O–H groups in total. The lowest BCUT2D eigenvalue weighted by Crippen LogP contribution is -2.42. The molecule has 0 bridgehead atoms. The monoisotopic (exact) mass is 402 g/mol. The molecule has 1 aromatic carbocycles. The zero-order valence-corrected chi connectivity index (χ0v) is 15.8. The summed E-state index contributed by atoms with van der Waals surface area (Å²) in [6, 6.07) is 2.57. The lowest BCUT2D eigenvalue weighted by molar-refractivity contribution is -0.138. The molecule has 156 valence electrons. The van der Waals surface area contributed by atoms with Crippen molar-refractivity contribution in [2.75, 3.05) is 20.1 Å². The predicted octanol–water partition coefficient (Wildman–Crippen LogP) is 3.21. The Balaban J connectivity index is 1.78. The Morgan fingerprint density at radius 1 is 1.11 bits per heavy atom. The summed E-state index contributed by atoms with van der Waals surface area (Å²) < 4.78 is 52.3. The largest absolute Gasteiger partial charge is 0.416 e. The second-order valence-electron chi connectivity index (χ2n) is 6.78. The minimum Gasteiger partial charge on any atom is -0.355 e. The van der Waals surface area contributed by atoms with E-state index in [1.165, 1.54) is 13.5 Å². The molecule has 1 aliphatic rings. The summed E-state index contributed by atoms with van der Waals surface area (Å²) in [4.78, 5) is 16.0. The highest BCUT2D eigenvalue weighted by Crippen LogP contribution is 2.32. The van der Waals surface area contributed by atoms with Crippen LogP contribution in [-0.4, -0.2) is 32.0 Å². The van der Waals surface area contributed by atoms with Crippen molar-refractivity contribution in [1.29, 1.82) is 0 Å². The van der Waals surface area contributed by atoms with Crippen molar-refractivity contribution in [3.05, 3.63) is 35.1 Å². The number of hydrogen-bond donors (Lipinski definition) is 3. The van der Waals surface area contributed by atoms with E-state index >= 15 is 0 Å². The molecule has 0 saturated heterocycles. The van der Waals surface area contributed by atoms with Gasteiger partial charge in [0.05, 0.1) is 5.56 Å². The van der Waals surface area contributed by atoms with Crippen LogP contribution in [0.4, 0.5) is 17.6 Å². The number of halogens is 4. The molecule has 0 unspecified atom stereocenters. The molecule has 1 aromatic rings. The lowest BCUT2D eigenvalue weighted by atomic mass is 9.89. The third-order valence-corrected chi connectivity index (χ3v) is 4.74.